The first-order chi connectivity index (χ1) is 7.19. The minimum Gasteiger partial charge on any atom is -0.383 e. The van der Waals surface area contributed by atoms with Crippen molar-refractivity contribution in [2.75, 3.05) is 27.3 Å². The zero-order chi connectivity index (χ0) is 11.3. The number of ether oxygens (including phenoxy) is 1. The first-order valence-electron chi connectivity index (χ1n) is 6.11. The molecule has 0 radical (unpaired) electrons. The molecular formula is C12H26N2O. The van der Waals surface area contributed by atoms with Crippen molar-refractivity contribution in [3.63, 3.8) is 0 Å². The Morgan fingerprint density at radius 2 is 1.93 bits per heavy atom. The van der Waals surface area contributed by atoms with Crippen molar-refractivity contribution >= 4 is 0 Å². The molecule has 0 spiro atoms. The summed E-state index contributed by atoms with van der Waals surface area (Å²) >= 11 is 0. The summed E-state index contributed by atoms with van der Waals surface area (Å²) in [6.07, 6.45) is 4.06. The van der Waals surface area contributed by atoms with E-state index in [-0.39, 0.29) is 0 Å². The molecule has 1 unspecified atom stereocenters. The van der Waals surface area contributed by atoms with Crippen LogP contribution >= 0.6 is 0 Å². The number of nitrogens with zero attached hydrogens (tertiary/aromatic N) is 1. The Balaban J connectivity index is 2.45. The van der Waals surface area contributed by atoms with Crippen molar-refractivity contribution in [1.29, 1.82) is 0 Å². The predicted octanol–water partition coefficient (Wildman–Crippen LogP) is 1.48. The molecule has 0 bridgehead atoms. The van der Waals surface area contributed by atoms with Gasteiger partial charge in [0.25, 0.3) is 0 Å². The molecule has 1 aliphatic heterocycles. The van der Waals surface area contributed by atoms with Crippen molar-refractivity contribution in [3.8, 4) is 0 Å². The number of methoxy groups -OCH3 is 1. The Bertz CT molecular complexity index is 165. The molecule has 3 atom stereocenters. The average Bonchev–Trinajstić information content (AvgIpc) is 2.22. The number of rotatable bonds is 5. The summed E-state index contributed by atoms with van der Waals surface area (Å²) in [6.45, 7) is 6.59. The highest BCUT2D eigenvalue weighted by Crippen LogP contribution is 2.22. The van der Waals surface area contributed by atoms with E-state index in [2.05, 4.69) is 24.1 Å². The summed E-state index contributed by atoms with van der Waals surface area (Å²) in [7, 11) is 3.79. The number of likely N-dealkylation sites (N-methyl/N-ethyl adjacent to an activating group) is 1. The number of hydrogen-bond acceptors (Lipinski definition) is 3. The predicted molar refractivity (Wildman–Crippen MR) is 64.2 cm³/mol. The van der Waals surface area contributed by atoms with E-state index in [4.69, 9.17) is 4.74 Å². The molecule has 0 aromatic heterocycles. The molecule has 0 aromatic carbocycles. The molecule has 1 aliphatic rings. The molecule has 1 saturated heterocycles. The van der Waals surface area contributed by atoms with E-state index < -0.39 is 0 Å². The standard InChI is InChI=1S/C12H26N2O/c1-10-6-5-7-11(2)14(10)8-12(13-3)9-15-4/h10-13H,5-9H2,1-4H3/t10-,11+,12?. The Morgan fingerprint density at radius 1 is 1.33 bits per heavy atom. The van der Waals surface area contributed by atoms with Gasteiger partial charge in [0, 0.05) is 31.8 Å². The van der Waals surface area contributed by atoms with Gasteiger partial charge in [0.1, 0.15) is 0 Å². The second-order valence-corrected chi connectivity index (χ2v) is 4.77. The molecule has 1 rings (SSSR count). The smallest absolute Gasteiger partial charge is 0.0628 e. The van der Waals surface area contributed by atoms with Crippen molar-refractivity contribution in [2.45, 2.75) is 51.2 Å². The molecule has 0 aliphatic carbocycles. The maximum Gasteiger partial charge on any atom is 0.0628 e. The van der Waals surface area contributed by atoms with Gasteiger partial charge in [-0.3, -0.25) is 4.90 Å². The van der Waals surface area contributed by atoms with Crippen LogP contribution in [0.25, 0.3) is 0 Å². The maximum absolute atomic E-state index is 5.22. The van der Waals surface area contributed by atoms with E-state index in [9.17, 15) is 0 Å². The molecule has 0 saturated carbocycles. The molecule has 1 heterocycles. The number of piperidine rings is 1. The fraction of sp³-hybridized carbons (Fsp3) is 1.00. The van der Waals surface area contributed by atoms with E-state index in [1.807, 2.05) is 7.05 Å². The Labute approximate surface area is 94.2 Å². The maximum atomic E-state index is 5.22. The van der Waals surface area contributed by atoms with Crippen molar-refractivity contribution in [1.82, 2.24) is 10.2 Å². The zero-order valence-electron chi connectivity index (χ0n) is 10.6. The second kappa shape index (κ2) is 6.46. The summed E-state index contributed by atoms with van der Waals surface area (Å²) in [6, 6.07) is 1.90. The van der Waals surface area contributed by atoms with Gasteiger partial charge in [-0.15, -0.1) is 0 Å². The van der Waals surface area contributed by atoms with E-state index in [0.717, 1.165) is 25.2 Å². The van der Waals surface area contributed by atoms with Crippen molar-refractivity contribution in [3.05, 3.63) is 0 Å². The fourth-order valence-electron chi connectivity index (χ4n) is 2.52. The molecule has 90 valence electrons. The molecule has 3 nitrogen and oxygen atoms in total. The largest absolute Gasteiger partial charge is 0.383 e. The highest BCUT2D eigenvalue weighted by atomic mass is 16.5. The number of hydrogen-bond donors (Lipinski definition) is 1. The van der Waals surface area contributed by atoms with Crippen LogP contribution in [0, 0.1) is 0 Å². The highest BCUT2D eigenvalue weighted by Gasteiger charge is 2.26. The lowest BCUT2D eigenvalue weighted by Crippen LogP contribution is -2.51. The van der Waals surface area contributed by atoms with E-state index in [1.54, 1.807) is 7.11 Å². The first-order valence-corrected chi connectivity index (χ1v) is 6.11. The normalized spacial score (nSPS) is 30.4. The van der Waals surface area contributed by atoms with Gasteiger partial charge in [-0.1, -0.05) is 6.42 Å². The van der Waals surface area contributed by atoms with E-state index >= 15 is 0 Å². The fourth-order valence-corrected chi connectivity index (χ4v) is 2.52. The zero-order valence-corrected chi connectivity index (χ0v) is 10.6. The van der Waals surface area contributed by atoms with Crippen molar-refractivity contribution < 1.29 is 4.74 Å². The third-order valence-corrected chi connectivity index (χ3v) is 3.58. The van der Waals surface area contributed by atoms with E-state index in [0.29, 0.717) is 6.04 Å². The summed E-state index contributed by atoms with van der Waals surface area (Å²) in [5.74, 6) is 0. The Morgan fingerprint density at radius 3 is 2.40 bits per heavy atom. The second-order valence-electron chi connectivity index (χ2n) is 4.77. The van der Waals surface area contributed by atoms with Crippen LogP contribution in [0.3, 0.4) is 0 Å². The van der Waals surface area contributed by atoms with Gasteiger partial charge >= 0.3 is 0 Å². The Hall–Kier alpha value is -0.120. The van der Waals surface area contributed by atoms with Gasteiger partial charge in [-0.2, -0.15) is 0 Å². The monoisotopic (exact) mass is 214 g/mol. The summed E-state index contributed by atoms with van der Waals surface area (Å²) in [5, 5.41) is 3.32. The number of likely N-dealkylation sites (tertiary alicyclic amines) is 1. The van der Waals surface area contributed by atoms with Crippen LogP contribution in [0.5, 0.6) is 0 Å². The lowest BCUT2D eigenvalue weighted by atomic mass is 9.97. The van der Waals surface area contributed by atoms with Crippen LogP contribution in [-0.4, -0.2) is 50.3 Å². The van der Waals surface area contributed by atoms with E-state index in [1.165, 1.54) is 19.3 Å². The average molecular weight is 214 g/mol. The molecule has 1 N–H and O–H groups in total. The lowest BCUT2D eigenvalue weighted by molar-refractivity contribution is 0.0712. The summed E-state index contributed by atoms with van der Waals surface area (Å²) < 4.78 is 5.22. The van der Waals surface area contributed by atoms with Gasteiger partial charge in [0.2, 0.25) is 0 Å². The first kappa shape index (κ1) is 12.9. The van der Waals surface area contributed by atoms with Crippen LogP contribution in [0.2, 0.25) is 0 Å². The molecule has 0 amide bonds. The van der Waals surface area contributed by atoms with Crippen LogP contribution < -0.4 is 5.32 Å². The van der Waals surface area contributed by atoms with Crippen LogP contribution in [0.15, 0.2) is 0 Å². The van der Waals surface area contributed by atoms with Gasteiger partial charge in [0.15, 0.2) is 0 Å². The number of nitrogens with one attached hydrogen (secondary N) is 1. The Kier molecular flexibility index (Phi) is 5.58. The molecular weight excluding hydrogens is 188 g/mol. The minimum atomic E-state index is 0.456. The SMILES string of the molecule is CNC(COC)CN1[C@H](C)CCC[C@@H]1C. The van der Waals surface area contributed by atoms with Gasteiger partial charge in [-0.05, 0) is 33.7 Å². The van der Waals surface area contributed by atoms with Crippen LogP contribution in [-0.2, 0) is 4.74 Å². The van der Waals surface area contributed by atoms with Gasteiger partial charge in [0.05, 0.1) is 6.61 Å². The highest BCUT2D eigenvalue weighted by molar-refractivity contribution is 4.82. The molecule has 0 aromatic rings. The molecule has 1 fully saturated rings. The van der Waals surface area contributed by atoms with Gasteiger partial charge in [-0.25, -0.2) is 0 Å². The lowest BCUT2D eigenvalue weighted by Gasteiger charge is -2.40. The topological polar surface area (TPSA) is 24.5 Å². The third kappa shape index (κ3) is 3.74. The third-order valence-electron chi connectivity index (χ3n) is 3.58. The summed E-state index contributed by atoms with van der Waals surface area (Å²) in [4.78, 5) is 2.61. The summed E-state index contributed by atoms with van der Waals surface area (Å²) in [5.41, 5.74) is 0. The van der Waals surface area contributed by atoms with Crippen LogP contribution in [0.1, 0.15) is 33.1 Å². The van der Waals surface area contributed by atoms with Gasteiger partial charge < -0.3 is 10.1 Å². The minimum absolute atomic E-state index is 0.456. The molecule has 15 heavy (non-hydrogen) atoms. The molecule has 3 heteroatoms. The van der Waals surface area contributed by atoms with Crippen LogP contribution in [0.4, 0.5) is 0 Å². The quantitative estimate of drug-likeness (QED) is 0.750. The van der Waals surface area contributed by atoms with Crippen molar-refractivity contribution in [2.24, 2.45) is 0 Å².